The first-order valence-electron chi connectivity index (χ1n) is 7.18. The van der Waals surface area contributed by atoms with Gasteiger partial charge in [-0.3, -0.25) is 4.98 Å². The second-order valence-corrected chi connectivity index (χ2v) is 5.67. The van der Waals surface area contributed by atoms with Crippen molar-refractivity contribution < 1.29 is 0 Å². The van der Waals surface area contributed by atoms with Gasteiger partial charge in [0.2, 0.25) is 0 Å². The average molecular weight is 289 g/mol. The van der Waals surface area contributed by atoms with Crippen LogP contribution in [0, 0.1) is 0 Å². The molecule has 6 radical (unpaired) electrons. The lowest BCUT2D eigenvalue weighted by Crippen LogP contribution is -2.24. The van der Waals surface area contributed by atoms with Crippen LogP contribution in [0.15, 0.2) is 12.3 Å². The van der Waals surface area contributed by atoms with Gasteiger partial charge in [0.15, 0.2) is 0 Å². The summed E-state index contributed by atoms with van der Waals surface area (Å²) in [6, 6.07) is 2.03. The fourth-order valence-electron chi connectivity index (χ4n) is 2.55. The van der Waals surface area contributed by atoms with E-state index in [0.717, 1.165) is 29.2 Å². The minimum absolute atomic E-state index is 0.403. The summed E-state index contributed by atoms with van der Waals surface area (Å²) in [4.78, 5) is 8.38. The van der Waals surface area contributed by atoms with Crippen LogP contribution >= 0.6 is 0 Å². The van der Waals surface area contributed by atoms with Crippen LogP contribution in [0.3, 0.4) is 0 Å². The Morgan fingerprint density at radius 2 is 1.77 bits per heavy atom. The number of aryl methyl sites for hydroxylation is 1. The maximum Gasteiger partial charge on any atom is 0.120 e. The molecule has 0 amide bonds. The van der Waals surface area contributed by atoms with Gasteiger partial charge >= 0.3 is 0 Å². The third-order valence-electron chi connectivity index (χ3n) is 3.31. The molecule has 3 rings (SSSR count). The maximum absolute atomic E-state index is 4.67. The zero-order valence-electron chi connectivity index (χ0n) is 13.5. The maximum atomic E-state index is 4.67. The van der Waals surface area contributed by atoms with Crippen molar-refractivity contribution in [3.05, 3.63) is 23.7 Å². The molecule has 0 saturated heterocycles. The molecule has 2 aromatic rings. The highest BCUT2D eigenvalue weighted by Crippen LogP contribution is 2.39. The van der Waals surface area contributed by atoms with Crippen molar-refractivity contribution in [3.63, 3.8) is 0 Å². The van der Waals surface area contributed by atoms with Crippen molar-refractivity contribution in [2.24, 2.45) is 7.05 Å². The monoisotopic (exact) mass is 289 g/mol. The molecule has 0 N–H and O–H groups in total. The fourth-order valence-corrected chi connectivity index (χ4v) is 2.55. The number of nitrogens with zero attached hydrogens (tertiary/aromatic N) is 5. The van der Waals surface area contributed by atoms with Gasteiger partial charge < -0.3 is 4.90 Å². The van der Waals surface area contributed by atoms with Crippen LogP contribution in [-0.2, 0) is 13.6 Å². The van der Waals surface area contributed by atoms with Gasteiger partial charge in [0.05, 0.1) is 17.9 Å². The van der Waals surface area contributed by atoms with Crippen molar-refractivity contribution in [1.29, 1.82) is 0 Å². The van der Waals surface area contributed by atoms with Gasteiger partial charge in [-0.2, -0.15) is 15.0 Å². The number of fused-ring (bicyclic) bond motifs is 3. The van der Waals surface area contributed by atoms with Gasteiger partial charge in [-0.25, -0.2) is 0 Å². The molecular weight excluding hydrogens is 271 g/mol. The van der Waals surface area contributed by atoms with E-state index >= 15 is 0 Å². The molecule has 0 atom stereocenters. The van der Waals surface area contributed by atoms with Crippen molar-refractivity contribution in [3.8, 4) is 11.3 Å². The average Bonchev–Trinajstić information content (AvgIpc) is 2.78. The van der Waals surface area contributed by atoms with Crippen molar-refractivity contribution in [1.82, 2.24) is 20.0 Å². The number of rotatable bonds is 1. The Balaban J connectivity index is 0.000000396. The van der Waals surface area contributed by atoms with Crippen molar-refractivity contribution >= 4 is 29.2 Å². The Morgan fingerprint density at radius 3 is 2.36 bits per heavy atom. The second kappa shape index (κ2) is 6.59. The van der Waals surface area contributed by atoms with E-state index in [2.05, 4.69) is 64.5 Å². The smallest absolute Gasteiger partial charge is 0.120 e. The van der Waals surface area contributed by atoms with E-state index < -0.39 is 5.62 Å². The predicted octanol–water partition coefficient (Wildman–Crippen LogP) is 1.15. The van der Waals surface area contributed by atoms with Gasteiger partial charge in [0.25, 0.3) is 0 Å². The first kappa shape index (κ1) is 16.7. The van der Waals surface area contributed by atoms with Crippen LogP contribution in [0.2, 0.25) is 5.62 Å². The van der Waals surface area contributed by atoms with E-state index in [1.54, 1.807) is 4.80 Å². The predicted molar refractivity (Wildman–Crippen MR) is 91.4 cm³/mol. The molecule has 1 aliphatic rings. The van der Waals surface area contributed by atoms with Crippen LogP contribution in [0.1, 0.15) is 31.2 Å². The highest BCUT2D eigenvalue weighted by atomic mass is 15.5. The minimum atomic E-state index is -0.667. The number of anilines is 1. The third-order valence-corrected chi connectivity index (χ3v) is 3.31. The minimum Gasteiger partial charge on any atom is -0.366 e. The highest BCUT2D eigenvalue weighted by molar-refractivity contribution is 6.54. The van der Waals surface area contributed by atoms with Gasteiger partial charge in [-0.15, -0.1) is 5.62 Å². The number of hydrogen-bond acceptors (Lipinski definition) is 4. The van der Waals surface area contributed by atoms with E-state index in [1.165, 1.54) is 5.69 Å². The standard InChI is InChI=1S/C13H17N5.CHB3/c1-8(2)11-13-9(5-6-14-11)12-10(7-17(13)3)15-18(4)16-12;2-1(3)4/h5-6,8H,7H2,1-4H3;1H. The largest absolute Gasteiger partial charge is 0.366 e. The molecule has 0 unspecified atom stereocenters. The lowest BCUT2D eigenvalue weighted by Gasteiger charge is -2.28. The Bertz CT molecular complexity index is 651. The first-order valence-corrected chi connectivity index (χ1v) is 7.18. The van der Waals surface area contributed by atoms with E-state index in [9.17, 15) is 0 Å². The van der Waals surface area contributed by atoms with Crippen molar-refractivity contribution in [2.45, 2.75) is 31.9 Å². The zero-order chi connectivity index (χ0) is 16.4. The van der Waals surface area contributed by atoms with Crippen LogP contribution in [0.4, 0.5) is 5.69 Å². The quantitative estimate of drug-likeness (QED) is 0.739. The van der Waals surface area contributed by atoms with Crippen LogP contribution < -0.4 is 4.90 Å². The summed E-state index contributed by atoms with van der Waals surface area (Å²) in [5.74, 6) is 0.403. The van der Waals surface area contributed by atoms with Gasteiger partial charge in [-0.1, -0.05) is 13.8 Å². The summed E-state index contributed by atoms with van der Waals surface area (Å²) in [5.41, 5.74) is 4.83. The third kappa shape index (κ3) is 3.37. The summed E-state index contributed by atoms with van der Waals surface area (Å²) in [6.07, 6.45) is 1.87. The highest BCUT2D eigenvalue weighted by Gasteiger charge is 2.27. The lowest BCUT2D eigenvalue weighted by molar-refractivity contribution is 0.645. The Kier molecular flexibility index (Phi) is 4.99. The molecule has 0 aromatic carbocycles. The Morgan fingerprint density at radius 1 is 1.14 bits per heavy atom. The summed E-state index contributed by atoms with van der Waals surface area (Å²) >= 11 is 0. The normalized spacial score (nSPS) is 12.7. The molecular formula is C14H18B3N5. The molecule has 3 heterocycles. The van der Waals surface area contributed by atoms with E-state index in [1.807, 2.05) is 19.3 Å². The van der Waals surface area contributed by atoms with E-state index in [-0.39, 0.29) is 0 Å². The van der Waals surface area contributed by atoms with Crippen molar-refractivity contribution in [2.75, 3.05) is 11.9 Å². The molecule has 2 aromatic heterocycles. The molecule has 0 bridgehead atoms. The van der Waals surface area contributed by atoms with E-state index in [4.69, 9.17) is 0 Å². The fraction of sp³-hybridized carbons (Fsp3) is 0.500. The molecule has 0 spiro atoms. The van der Waals surface area contributed by atoms with Crippen LogP contribution in [-0.4, -0.2) is 50.6 Å². The summed E-state index contributed by atoms with van der Waals surface area (Å²) in [6.45, 7) is 5.13. The molecule has 0 fully saturated rings. The second-order valence-electron chi connectivity index (χ2n) is 5.67. The van der Waals surface area contributed by atoms with Gasteiger partial charge in [0, 0.05) is 49.4 Å². The number of hydrogen-bond donors (Lipinski definition) is 0. The topological polar surface area (TPSA) is 46.8 Å². The Hall–Kier alpha value is -1.72. The summed E-state index contributed by atoms with van der Waals surface area (Å²) < 4.78 is 0. The van der Waals surface area contributed by atoms with E-state index in [0.29, 0.717) is 5.92 Å². The molecule has 8 heteroatoms. The van der Waals surface area contributed by atoms with Gasteiger partial charge in [0.1, 0.15) is 11.4 Å². The molecule has 0 saturated carbocycles. The van der Waals surface area contributed by atoms with Gasteiger partial charge in [-0.05, 0) is 12.0 Å². The summed E-state index contributed by atoms with van der Waals surface area (Å²) in [7, 11) is 18.0. The molecule has 22 heavy (non-hydrogen) atoms. The molecule has 0 aliphatic carbocycles. The zero-order valence-corrected chi connectivity index (χ0v) is 13.5. The summed E-state index contributed by atoms with van der Waals surface area (Å²) in [5, 5.41) is 8.90. The van der Waals surface area contributed by atoms with Crippen LogP contribution in [0.25, 0.3) is 11.3 Å². The SMILES string of the molecule is CC(C)c1nccc2c1N(C)Cc1nn(C)nc1-2.[B]C([B])[B]. The Labute approximate surface area is 135 Å². The molecule has 108 valence electrons. The van der Waals surface area contributed by atoms with Crippen LogP contribution in [0.5, 0.6) is 0 Å². The first-order chi connectivity index (χ1) is 10.3. The molecule has 1 aliphatic heterocycles. The lowest BCUT2D eigenvalue weighted by atomic mass is 9.58. The number of aromatic nitrogens is 4. The number of pyridine rings is 1. The molecule has 5 nitrogen and oxygen atoms in total.